The Kier molecular flexibility index (Phi) is 4.83. The standard InChI is InChI=1S/C22H23N5O2/c28-20(17-2-1-5-23-14-17)13-21-25-19-12-16(15-26-8-10-29-11-9-26)3-4-18(19)22-24-6-7-27(21)22/h1-5,12-14,25H,6-11,15H2/b21-13+. The molecule has 1 fully saturated rings. The first-order chi connectivity index (χ1) is 14.3. The maximum absolute atomic E-state index is 12.7. The highest BCUT2D eigenvalue weighted by atomic mass is 16.5. The number of morpholine rings is 1. The van der Waals surface area contributed by atoms with Crippen molar-refractivity contribution >= 4 is 17.3 Å². The minimum absolute atomic E-state index is 0.0697. The molecular formula is C22H23N5O2. The predicted octanol–water partition coefficient (Wildman–Crippen LogP) is 2.13. The van der Waals surface area contributed by atoms with E-state index in [0.29, 0.717) is 5.56 Å². The van der Waals surface area contributed by atoms with Crippen LogP contribution in [-0.2, 0) is 11.3 Å². The Labute approximate surface area is 169 Å². The molecule has 1 aromatic heterocycles. The minimum atomic E-state index is -0.0697. The van der Waals surface area contributed by atoms with Gasteiger partial charge in [-0.15, -0.1) is 0 Å². The number of ether oxygens (including phenoxy) is 1. The molecule has 4 heterocycles. The van der Waals surface area contributed by atoms with Gasteiger partial charge in [-0.3, -0.25) is 19.7 Å². The molecule has 2 aromatic rings. The van der Waals surface area contributed by atoms with Gasteiger partial charge < -0.3 is 15.0 Å². The van der Waals surface area contributed by atoms with Crippen molar-refractivity contribution in [3.8, 4) is 0 Å². The summed E-state index contributed by atoms with van der Waals surface area (Å²) in [6.45, 7) is 5.87. The first-order valence-corrected chi connectivity index (χ1v) is 9.96. The van der Waals surface area contributed by atoms with Crippen LogP contribution in [0.15, 0.2) is 59.6 Å². The summed E-state index contributed by atoms with van der Waals surface area (Å²) in [5.41, 5.74) is 3.89. The van der Waals surface area contributed by atoms with Crippen LogP contribution in [0.2, 0.25) is 0 Å². The molecule has 0 aliphatic carbocycles. The number of benzene rings is 1. The molecular weight excluding hydrogens is 366 g/mol. The normalized spacial score (nSPS) is 20.1. The molecule has 7 heteroatoms. The third-order valence-corrected chi connectivity index (χ3v) is 5.44. The van der Waals surface area contributed by atoms with Crippen LogP contribution in [0.4, 0.5) is 5.69 Å². The van der Waals surface area contributed by atoms with E-state index in [9.17, 15) is 4.79 Å². The molecule has 3 aliphatic rings. The highest BCUT2D eigenvalue weighted by Gasteiger charge is 2.30. The Balaban J connectivity index is 1.43. The topological polar surface area (TPSA) is 70.1 Å². The lowest BCUT2D eigenvalue weighted by molar-refractivity contribution is 0.0342. The van der Waals surface area contributed by atoms with Crippen molar-refractivity contribution in [3.05, 3.63) is 71.3 Å². The highest BCUT2D eigenvalue weighted by Crippen LogP contribution is 2.31. The maximum atomic E-state index is 12.7. The zero-order chi connectivity index (χ0) is 19.6. The molecule has 5 rings (SSSR count). The summed E-state index contributed by atoms with van der Waals surface area (Å²) >= 11 is 0. The van der Waals surface area contributed by atoms with Crippen molar-refractivity contribution < 1.29 is 9.53 Å². The first kappa shape index (κ1) is 18.0. The largest absolute Gasteiger partial charge is 0.379 e. The monoisotopic (exact) mass is 389 g/mol. The van der Waals surface area contributed by atoms with Gasteiger partial charge in [-0.25, -0.2) is 0 Å². The quantitative estimate of drug-likeness (QED) is 0.638. The Hall–Kier alpha value is -3.03. The second-order valence-electron chi connectivity index (χ2n) is 7.39. The molecule has 1 aromatic carbocycles. The number of nitrogens with one attached hydrogen (secondary N) is 1. The van der Waals surface area contributed by atoms with E-state index in [4.69, 9.17) is 4.74 Å². The van der Waals surface area contributed by atoms with Crippen LogP contribution in [-0.4, -0.2) is 65.8 Å². The molecule has 0 amide bonds. The number of aliphatic imine (C=N–C) groups is 1. The zero-order valence-electron chi connectivity index (χ0n) is 16.2. The molecule has 0 spiro atoms. The smallest absolute Gasteiger partial charge is 0.191 e. The number of rotatable bonds is 4. The molecule has 0 radical (unpaired) electrons. The van der Waals surface area contributed by atoms with Gasteiger partial charge in [0.25, 0.3) is 0 Å². The van der Waals surface area contributed by atoms with E-state index >= 15 is 0 Å². The summed E-state index contributed by atoms with van der Waals surface area (Å²) in [4.78, 5) is 25.9. The van der Waals surface area contributed by atoms with Gasteiger partial charge in [0.15, 0.2) is 5.78 Å². The third-order valence-electron chi connectivity index (χ3n) is 5.44. The number of nitrogens with zero attached hydrogens (tertiary/aromatic N) is 4. The van der Waals surface area contributed by atoms with E-state index in [0.717, 1.165) is 68.8 Å². The molecule has 0 bridgehead atoms. The number of ketones is 1. The van der Waals surface area contributed by atoms with Gasteiger partial charge in [-0.1, -0.05) is 6.07 Å². The number of carbonyl (C=O) groups excluding carboxylic acids is 1. The molecule has 1 N–H and O–H groups in total. The van der Waals surface area contributed by atoms with Gasteiger partial charge in [0.2, 0.25) is 0 Å². The Bertz CT molecular complexity index is 980. The molecule has 148 valence electrons. The molecule has 0 atom stereocenters. The van der Waals surface area contributed by atoms with Gasteiger partial charge in [0.1, 0.15) is 11.7 Å². The third kappa shape index (κ3) is 3.66. The van der Waals surface area contributed by atoms with Gasteiger partial charge in [-0.2, -0.15) is 0 Å². The average molecular weight is 389 g/mol. The second kappa shape index (κ2) is 7.77. The van der Waals surface area contributed by atoms with Crippen LogP contribution in [0.3, 0.4) is 0 Å². The van der Waals surface area contributed by atoms with Crippen LogP contribution in [0.25, 0.3) is 0 Å². The van der Waals surface area contributed by atoms with Gasteiger partial charge in [0, 0.05) is 55.8 Å². The van der Waals surface area contributed by atoms with Gasteiger partial charge in [-0.05, 0) is 29.8 Å². The van der Waals surface area contributed by atoms with E-state index in [-0.39, 0.29) is 5.78 Å². The second-order valence-corrected chi connectivity index (χ2v) is 7.39. The number of allylic oxidation sites excluding steroid dienone is 1. The number of hydrogen-bond donors (Lipinski definition) is 1. The summed E-state index contributed by atoms with van der Waals surface area (Å²) < 4.78 is 5.44. The average Bonchev–Trinajstić information content (AvgIpc) is 3.25. The lowest BCUT2D eigenvalue weighted by atomic mass is 10.0. The van der Waals surface area contributed by atoms with Crippen molar-refractivity contribution in [2.45, 2.75) is 6.54 Å². The molecule has 1 saturated heterocycles. The van der Waals surface area contributed by atoms with Crippen LogP contribution >= 0.6 is 0 Å². The fourth-order valence-corrected chi connectivity index (χ4v) is 3.95. The van der Waals surface area contributed by atoms with Crippen molar-refractivity contribution in [1.82, 2.24) is 14.8 Å². The zero-order valence-corrected chi connectivity index (χ0v) is 16.2. The molecule has 7 nitrogen and oxygen atoms in total. The number of hydrogen-bond acceptors (Lipinski definition) is 7. The van der Waals surface area contributed by atoms with E-state index in [1.54, 1.807) is 30.6 Å². The van der Waals surface area contributed by atoms with Crippen LogP contribution in [0, 0.1) is 0 Å². The number of amidine groups is 1. The van der Waals surface area contributed by atoms with Gasteiger partial charge >= 0.3 is 0 Å². The SMILES string of the molecule is O=C(/C=C1\Nc2cc(CN3CCOCC3)ccc2C2=NCCN21)c1cccnc1. The van der Waals surface area contributed by atoms with Crippen LogP contribution < -0.4 is 5.32 Å². The fourth-order valence-electron chi connectivity index (χ4n) is 3.95. The summed E-state index contributed by atoms with van der Waals surface area (Å²) in [6.07, 6.45) is 4.91. The minimum Gasteiger partial charge on any atom is -0.379 e. The predicted molar refractivity (Wildman–Crippen MR) is 111 cm³/mol. The van der Waals surface area contributed by atoms with Gasteiger partial charge in [0.05, 0.1) is 25.4 Å². The van der Waals surface area contributed by atoms with E-state index in [1.807, 2.05) is 0 Å². The van der Waals surface area contributed by atoms with Crippen LogP contribution in [0.5, 0.6) is 0 Å². The molecule has 0 saturated carbocycles. The van der Waals surface area contributed by atoms with Crippen LogP contribution in [0.1, 0.15) is 21.5 Å². The molecule has 3 aliphatic heterocycles. The van der Waals surface area contributed by atoms with Crippen molar-refractivity contribution in [1.29, 1.82) is 0 Å². The molecule has 29 heavy (non-hydrogen) atoms. The van der Waals surface area contributed by atoms with E-state index in [1.165, 1.54) is 5.56 Å². The number of anilines is 1. The summed E-state index contributed by atoms with van der Waals surface area (Å²) in [7, 11) is 0. The van der Waals surface area contributed by atoms with Crippen molar-refractivity contribution in [3.63, 3.8) is 0 Å². The Morgan fingerprint density at radius 2 is 2.10 bits per heavy atom. The van der Waals surface area contributed by atoms with Crippen molar-refractivity contribution in [2.75, 3.05) is 44.7 Å². The Morgan fingerprint density at radius 3 is 2.93 bits per heavy atom. The summed E-state index contributed by atoms with van der Waals surface area (Å²) in [5, 5.41) is 3.47. The number of pyridine rings is 1. The highest BCUT2D eigenvalue weighted by molar-refractivity contribution is 6.10. The number of fused-ring (bicyclic) bond motifs is 3. The number of aromatic nitrogens is 1. The lowest BCUT2D eigenvalue weighted by Crippen LogP contribution is -2.37. The van der Waals surface area contributed by atoms with E-state index < -0.39 is 0 Å². The first-order valence-electron chi connectivity index (χ1n) is 9.96. The Morgan fingerprint density at radius 1 is 1.21 bits per heavy atom. The lowest BCUT2D eigenvalue weighted by Gasteiger charge is -2.32. The van der Waals surface area contributed by atoms with E-state index in [2.05, 4.69) is 43.3 Å². The maximum Gasteiger partial charge on any atom is 0.191 e. The fraction of sp³-hybridized carbons (Fsp3) is 0.318. The summed E-state index contributed by atoms with van der Waals surface area (Å²) in [6, 6.07) is 10.0. The molecule has 0 unspecified atom stereocenters. The van der Waals surface area contributed by atoms with Crippen molar-refractivity contribution in [2.24, 2.45) is 4.99 Å². The summed E-state index contributed by atoms with van der Waals surface area (Å²) in [5.74, 6) is 1.63. The number of carbonyl (C=O) groups is 1.